The largest absolute Gasteiger partial charge is 0.325 e. The van der Waals surface area contributed by atoms with Gasteiger partial charge in [0.05, 0.1) is 17.8 Å². The standard InChI is InChI=1S/C23H16F2N2OS/c24-16-11-9-15(10-12-16)13-22(28)26-20-8-4-2-6-18(20)21-14-29-23(27-21)17-5-1-3-7-19(17)25/h1-12,14H,13H2,(H,26,28). The van der Waals surface area contributed by atoms with Gasteiger partial charge in [0.1, 0.15) is 16.6 Å². The van der Waals surface area contributed by atoms with E-state index in [0.29, 0.717) is 22.0 Å². The average molecular weight is 406 g/mol. The Kier molecular flexibility index (Phi) is 5.44. The summed E-state index contributed by atoms with van der Waals surface area (Å²) < 4.78 is 27.1. The maximum atomic E-state index is 14.1. The highest BCUT2D eigenvalue weighted by atomic mass is 32.1. The minimum absolute atomic E-state index is 0.131. The number of nitrogens with zero attached hydrogens (tertiary/aromatic N) is 1. The number of carbonyl (C=O) groups excluding carboxylic acids is 1. The van der Waals surface area contributed by atoms with E-state index in [0.717, 1.165) is 11.1 Å². The lowest BCUT2D eigenvalue weighted by Crippen LogP contribution is -2.15. The van der Waals surface area contributed by atoms with Crippen LogP contribution in [0.4, 0.5) is 14.5 Å². The fourth-order valence-electron chi connectivity index (χ4n) is 2.95. The van der Waals surface area contributed by atoms with E-state index in [-0.39, 0.29) is 24.0 Å². The van der Waals surface area contributed by atoms with Crippen molar-refractivity contribution in [3.8, 4) is 21.8 Å². The molecule has 1 aromatic heterocycles. The maximum Gasteiger partial charge on any atom is 0.228 e. The number of carbonyl (C=O) groups is 1. The Morgan fingerprint density at radius 3 is 2.34 bits per heavy atom. The predicted octanol–water partition coefficient (Wildman–Crippen LogP) is 5.94. The van der Waals surface area contributed by atoms with Crippen LogP contribution in [-0.2, 0) is 11.2 Å². The normalized spacial score (nSPS) is 10.7. The second-order valence-electron chi connectivity index (χ2n) is 6.41. The molecule has 0 fully saturated rings. The van der Waals surface area contributed by atoms with Crippen LogP contribution >= 0.6 is 11.3 Å². The Bertz CT molecular complexity index is 1160. The van der Waals surface area contributed by atoms with Crippen LogP contribution in [0.2, 0.25) is 0 Å². The maximum absolute atomic E-state index is 14.1. The fraction of sp³-hybridized carbons (Fsp3) is 0.0435. The molecule has 3 aromatic carbocycles. The average Bonchev–Trinajstić information content (AvgIpc) is 3.20. The molecule has 4 rings (SSSR count). The summed E-state index contributed by atoms with van der Waals surface area (Å²) in [6.45, 7) is 0. The van der Waals surface area contributed by atoms with Gasteiger partial charge < -0.3 is 5.32 Å². The molecule has 0 atom stereocenters. The number of benzene rings is 3. The molecule has 0 spiro atoms. The van der Waals surface area contributed by atoms with Gasteiger partial charge in [-0.15, -0.1) is 11.3 Å². The molecule has 3 nitrogen and oxygen atoms in total. The highest BCUT2D eigenvalue weighted by molar-refractivity contribution is 7.13. The Morgan fingerprint density at radius 2 is 1.59 bits per heavy atom. The van der Waals surface area contributed by atoms with E-state index < -0.39 is 0 Å². The Morgan fingerprint density at radius 1 is 0.897 bits per heavy atom. The van der Waals surface area contributed by atoms with Gasteiger partial charge in [-0.1, -0.05) is 42.5 Å². The van der Waals surface area contributed by atoms with E-state index in [9.17, 15) is 13.6 Å². The third kappa shape index (κ3) is 4.38. The molecule has 1 N–H and O–H groups in total. The molecule has 144 valence electrons. The minimum Gasteiger partial charge on any atom is -0.325 e. The zero-order valence-corrected chi connectivity index (χ0v) is 16.0. The van der Waals surface area contributed by atoms with Crippen molar-refractivity contribution >= 4 is 22.9 Å². The molecule has 0 unspecified atom stereocenters. The molecular formula is C23H16F2N2OS. The van der Waals surface area contributed by atoms with E-state index >= 15 is 0 Å². The molecular weight excluding hydrogens is 390 g/mol. The van der Waals surface area contributed by atoms with Crippen molar-refractivity contribution in [3.05, 3.63) is 95.4 Å². The highest BCUT2D eigenvalue weighted by Gasteiger charge is 2.14. The van der Waals surface area contributed by atoms with Gasteiger partial charge in [0.25, 0.3) is 0 Å². The molecule has 0 aliphatic carbocycles. The zero-order valence-electron chi connectivity index (χ0n) is 15.2. The predicted molar refractivity (Wildman–Crippen MR) is 112 cm³/mol. The molecule has 0 bridgehead atoms. The van der Waals surface area contributed by atoms with Gasteiger partial charge in [0.2, 0.25) is 5.91 Å². The summed E-state index contributed by atoms with van der Waals surface area (Å²) in [5.41, 5.74) is 3.19. The first-order valence-electron chi connectivity index (χ1n) is 8.94. The summed E-state index contributed by atoms with van der Waals surface area (Å²) in [6, 6.07) is 19.6. The van der Waals surface area contributed by atoms with Gasteiger partial charge in [-0.25, -0.2) is 13.8 Å². The van der Waals surface area contributed by atoms with Crippen molar-refractivity contribution < 1.29 is 13.6 Å². The quantitative estimate of drug-likeness (QED) is 0.446. The molecule has 4 aromatic rings. The van der Waals surface area contributed by atoms with Crippen LogP contribution in [0.15, 0.2) is 78.2 Å². The Hall–Kier alpha value is -3.38. The highest BCUT2D eigenvalue weighted by Crippen LogP contribution is 2.33. The van der Waals surface area contributed by atoms with Crippen LogP contribution in [0, 0.1) is 11.6 Å². The van der Waals surface area contributed by atoms with Crippen molar-refractivity contribution in [1.82, 2.24) is 4.98 Å². The first-order valence-corrected chi connectivity index (χ1v) is 9.82. The first kappa shape index (κ1) is 19.0. The second kappa shape index (κ2) is 8.32. The van der Waals surface area contributed by atoms with Crippen molar-refractivity contribution in [2.75, 3.05) is 5.32 Å². The van der Waals surface area contributed by atoms with Gasteiger partial charge in [-0.05, 0) is 35.9 Å². The number of aromatic nitrogens is 1. The molecule has 0 aliphatic heterocycles. The number of rotatable bonds is 5. The van der Waals surface area contributed by atoms with Crippen molar-refractivity contribution in [2.24, 2.45) is 0 Å². The van der Waals surface area contributed by atoms with Gasteiger partial charge in [0, 0.05) is 16.5 Å². The molecule has 6 heteroatoms. The number of hydrogen-bond acceptors (Lipinski definition) is 3. The third-order valence-electron chi connectivity index (χ3n) is 4.36. The number of halogens is 2. The fourth-order valence-corrected chi connectivity index (χ4v) is 3.80. The number of para-hydroxylation sites is 1. The molecule has 0 saturated carbocycles. The molecule has 0 radical (unpaired) electrons. The number of amides is 1. The lowest BCUT2D eigenvalue weighted by Gasteiger charge is -2.10. The Labute approximate surface area is 170 Å². The lowest BCUT2D eigenvalue weighted by molar-refractivity contribution is -0.115. The summed E-state index contributed by atoms with van der Waals surface area (Å²) in [4.78, 5) is 17.0. The molecule has 0 saturated heterocycles. The number of anilines is 1. The van der Waals surface area contributed by atoms with Crippen LogP contribution < -0.4 is 5.32 Å². The summed E-state index contributed by atoms with van der Waals surface area (Å²) >= 11 is 1.34. The van der Waals surface area contributed by atoms with E-state index in [1.165, 1.54) is 29.5 Å². The lowest BCUT2D eigenvalue weighted by atomic mass is 10.1. The van der Waals surface area contributed by atoms with Crippen LogP contribution in [0.25, 0.3) is 21.8 Å². The first-order chi connectivity index (χ1) is 14.1. The number of hydrogen-bond donors (Lipinski definition) is 1. The third-order valence-corrected chi connectivity index (χ3v) is 5.24. The summed E-state index contributed by atoms with van der Waals surface area (Å²) in [5.74, 6) is -0.878. The van der Waals surface area contributed by atoms with Crippen LogP contribution in [0.1, 0.15) is 5.56 Å². The summed E-state index contributed by atoms with van der Waals surface area (Å²) in [5, 5.41) is 5.30. The monoisotopic (exact) mass is 406 g/mol. The molecule has 1 amide bonds. The van der Waals surface area contributed by atoms with Gasteiger partial charge in [-0.3, -0.25) is 4.79 Å². The van der Waals surface area contributed by atoms with Gasteiger partial charge in [-0.2, -0.15) is 0 Å². The van der Waals surface area contributed by atoms with Crippen LogP contribution in [0.5, 0.6) is 0 Å². The van der Waals surface area contributed by atoms with E-state index in [1.807, 2.05) is 23.6 Å². The Balaban J connectivity index is 1.57. The number of nitrogens with one attached hydrogen (secondary N) is 1. The topological polar surface area (TPSA) is 42.0 Å². The van der Waals surface area contributed by atoms with Crippen LogP contribution in [-0.4, -0.2) is 10.9 Å². The van der Waals surface area contributed by atoms with Crippen LogP contribution in [0.3, 0.4) is 0 Å². The summed E-state index contributed by atoms with van der Waals surface area (Å²) in [7, 11) is 0. The van der Waals surface area contributed by atoms with Gasteiger partial charge in [0.15, 0.2) is 0 Å². The van der Waals surface area contributed by atoms with E-state index in [2.05, 4.69) is 10.3 Å². The smallest absolute Gasteiger partial charge is 0.228 e. The number of thiazole rings is 1. The summed E-state index contributed by atoms with van der Waals surface area (Å²) in [6.07, 6.45) is 0.131. The molecule has 0 aliphatic rings. The van der Waals surface area contributed by atoms with E-state index in [4.69, 9.17) is 0 Å². The second-order valence-corrected chi connectivity index (χ2v) is 7.27. The molecule has 1 heterocycles. The van der Waals surface area contributed by atoms with Gasteiger partial charge >= 0.3 is 0 Å². The SMILES string of the molecule is O=C(Cc1ccc(F)cc1)Nc1ccccc1-c1csc(-c2ccccc2F)n1. The van der Waals surface area contributed by atoms with Crippen molar-refractivity contribution in [3.63, 3.8) is 0 Å². The zero-order chi connectivity index (χ0) is 20.2. The van der Waals surface area contributed by atoms with Crippen molar-refractivity contribution in [1.29, 1.82) is 0 Å². The molecule has 29 heavy (non-hydrogen) atoms. The van der Waals surface area contributed by atoms with E-state index in [1.54, 1.807) is 36.4 Å². The minimum atomic E-state index is -0.339. The van der Waals surface area contributed by atoms with Crippen molar-refractivity contribution in [2.45, 2.75) is 6.42 Å².